The lowest BCUT2D eigenvalue weighted by Gasteiger charge is -2.17. The van der Waals surface area contributed by atoms with Crippen LogP contribution in [0.5, 0.6) is 0 Å². The Bertz CT molecular complexity index is 1330. The van der Waals surface area contributed by atoms with E-state index in [0.717, 1.165) is 5.56 Å². The minimum Gasteiger partial charge on any atom is -0.394 e. The molecule has 184 valence electrons. The molecule has 1 saturated heterocycles. The topological polar surface area (TPSA) is 126 Å². The van der Waals surface area contributed by atoms with Gasteiger partial charge in [0.15, 0.2) is 0 Å². The van der Waals surface area contributed by atoms with Crippen LogP contribution in [0, 0.1) is 5.82 Å². The van der Waals surface area contributed by atoms with E-state index in [4.69, 9.17) is 5.73 Å². The molecule has 2 heterocycles. The first-order valence-electron chi connectivity index (χ1n) is 11.1. The lowest BCUT2D eigenvalue weighted by Crippen LogP contribution is -2.31. The number of nitrogens with two attached hydrogens (primary N) is 1. The molecular formula is C25H27FN4O4S. The zero-order chi connectivity index (χ0) is 25.2. The molecule has 3 aromatic rings. The molecule has 2 aromatic carbocycles. The standard InChI is InChI=1S/C25H27FN4O4S/c1-35(33,34)30-10-9-18(14-30)19-11-21(24(27)28-13-19)17-7-8-20(22(26)12-17)25(32)29-23(15-31)16-5-3-2-4-6-16/h2-8,11-13,18,23,31H,9-10,14-15H2,1H3,(H2,27,28)(H,29,32)/t18?,23-/m1/s1. The number of nitrogens with zero attached hydrogens (tertiary/aromatic N) is 2. The number of hydrogen-bond acceptors (Lipinski definition) is 6. The van der Waals surface area contributed by atoms with Crippen LogP contribution in [0.1, 0.15) is 39.9 Å². The average Bonchev–Trinajstić information content (AvgIpc) is 3.34. The molecule has 4 rings (SSSR count). The lowest BCUT2D eigenvalue weighted by molar-refractivity contribution is 0.0912. The smallest absolute Gasteiger partial charge is 0.254 e. The van der Waals surface area contributed by atoms with Crippen molar-refractivity contribution < 1.29 is 22.7 Å². The molecule has 1 unspecified atom stereocenters. The van der Waals surface area contributed by atoms with Gasteiger partial charge >= 0.3 is 0 Å². The summed E-state index contributed by atoms with van der Waals surface area (Å²) in [4.78, 5) is 16.9. The summed E-state index contributed by atoms with van der Waals surface area (Å²) in [5.74, 6) is -1.23. The van der Waals surface area contributed by atoms with Crippen LogP contribution in [0.4, 0.5) is 10.2 Å². The number of carbonyl (C=O) groups is 1. The number of rotatable bonds is 7. The highest BCUT2D eigenvalue weighted by molar-refractivity contribution is 7.88. The Morgan fingerprint density at radius 1 is 1.26 bits per heavy atom. The molecule has 8 nitrogen and oxygen atoms in total. The zero-order valence-corrected chi connectivity index (χ0v) is 20.0. The van der Waals surface area contributed by atoms with Gasteiger partial charge in [0.2, 0.25) is 10.0 Å². The van der Waals surface area contributed by atoms with E-state index >= 15 is 4.39 Å². The van der Waals surface area contributed by atoms with Gasteiger partial charge in [-0.25, -0.2) is 22.1 Å². The summed E-state index contributed by atoms with van der Waals surface area (Å²) in [6, 6.07) is 14.2. The number of halogens is 1. The summed E-state index contributed by atoms with van der Waals surface area (Å²) in [6.07, 6.45) is 3.45. The molecule has 1 aliphatic heterocycles. The van der Waals surface area contributed by atoms with Crippen LogP contribution in [0.15, 0.2) is 60.8 Å². The number of aliphatic hydroxyl groups is 1. The first-order chi connectivity index (χ1) is 16.7. The second kappa shape index (κ2) is 10.1. The minimum atomic E-state index is -3.28. The van der Waals surface area contributed by atoms with E-state index in [9.17, 15) is 18.3 Å². The van der Waals surface area contributed by atoms with E-state index in [-0.39, 0.29) is 23.9 Å². The second-order valence-corrected chi connectivity index (χ2v) is 10.6. The highest BCUT2D eigenvalue weighted by atomic mass is 32.2. The number of aromatic nitrogens is 1. The maximum atomic E-state index is 15.0. The molecule has 0 saturated carbocycles. The molecule has 10 heteroatoms. The average molecular weight is 499 g/mol. The zero-order valence-electron chi connectivity index (χ0n) is 19.2. The maximum absolute atomic E-state index is 15.0. The Morgan fingerprint density at radius 3 is 2.63 bits per heavy atom. The summed E-state index contributed by atoms with van der Waals surface area (Å²) in [5, 5.41) is 12.3. The molecule has 0 radical (unpaired) electrons. The first kappa shape index (κ1) is 24.8. The van der Waals surface area contributed by atoms with E-state index in [1.165, 1.54) is 22.7 Å². The Kier molecular flexibility index (Phi) is 7.15. The largest absolute Gasteiger partial charge is 0.394 e. The van der Waals surface area contributed by atoms with Crippen LogP contribution in [0.2, 0.25) is 0 Å². The van der Waals surface area contributed by atoms with Crippen molar-refractivity contribution in [3.05, 3.63) is 83.3 Å². The number of hydrogen-bond donors (Lipinski definition) is 3. The molecular weight excluding hydrogens is 471 g/mol. The number of nitrogens with one attached hydrogen (secondary N) is 1. The third kappa shape index (κ3) is 5.50. The fraction of sp³-hybridized carbons (Fsp3) is 0.280. The van der Waals surface area contributed by atoms with Gasteiger partial charge in [-0.2, -0.15) is 0 Å². The van der Waals surface area contributed by atoms with Gasteiger partial charge in [0.1, 0.15) is 11.6 Å². The quantitative estimate of drug-likeness (QED) is 0.460. The van der Waals surface area contributed by atoms with E-state index in [1.54, 1.807) is 42.6 Å². The van der Waals surface area contributed by atoms with Crippen molar-refractivity contribution in [1.82, 2.24) is 14.6 Å². The maximum Gasteiger partial charge on any atom is 0.254 e. The molecule has 0 aliphatic carbocycles. The van der Waals surface area contributed by atoms with Crippen LogP contribution in [-0.2, 0) is 10.0 Å². The van der Waals surface area contributed by atoms with Crippen molar-refractivity contribution in [2.75, 3.05) is 31.7 Å². The molecule has 35 heavy (non-hydrogen) atoms. The summed E-state index contributed by atoms with van der Waals surface area (Å²) in [5.41, 5.74) is 8.38. The monoisotopic (exact) mass is 498 g/mol. The van der Waals surface area contributed by atoms with Gasteiger partial charge in [-0.15, -0.1) is 0 Å². The van der Waals surface area contributed by atoms with Crippen LogP contribution >= 0.6 is 0 Å². The Balaban J connectivity index is 1.55. The molecule has 0 spiro atoms. The third-order valence-electron chi connectivity index (χ3n) is 6.25. The van der Waals surface area contributed by atoms with Crippen molar-refractivity contribution in [3.8, 4) is 11.1 Å². The van der Waals surface area contributed by atoms with Crippen LogP contribution in [0.3, 0.4) is 0 Å². The van der Waals surface area contributed by atoms with Crippen molar-refractivity contribution in [2.24, 2.45) is 0 Å². The van der Waals surface area contributed by atoms with Gasteiger partial charge in [-0.3, -0.25) is 4.79 Å². The summed E-state index contributed by atoms with van der Waals surface area (Å²) >= 11 is 0. The molecule has 1 aromatic heterocycles. The van der Waals surface area contributed by atoms with Crippen molar-refractivity contribution in [3.63, 3.8) is 0 Å². The number of carbonyl (C=O) groups excluding carboxylic acids is 1. The number of anilines is 1. The first-order valence-corrected chi connectivity index (χ1v) is 13.0. The number of nitrogen functional groups attached to an aromatic ring is 1. The second-order valence-electron chi connectivity index (χ2n) is 8.62. The predicted molar refractivity (Wildman–Crippen MR) is 132 cm³/mol. The van der Waals surface area contributed by atoms with Crippen LogP contribution < -0.4 is 11.1 Å². The highest BCUT2D eigenvalue weighted by Gasteiger charge is 2.30. The van der Waals surface area contributed by atoms with Crippen molar-refractivity contribution in [2.45, 2.75) is 18.4 Å². The summed E-state index contributed by atoms with van der Waals surface area (Å²) < 4.78 is 40.1. The Hall–Kier alpha value is -3.34. The molecule has 1 fully saturated rings. The lowest BCUT2D eigenvalue weighted by atomic mass is 9.96. The van der Waals surface area contributed by atoms with Gasteiger partial charge in [0, 0.05) is 30.8 Å². The van der Waals surface area contributed by atoms with Crippen molar-refractivity contribution in [1.29, 1.82) is 0 Å². The summed E-state index contributed by atoms with van der Waals surface area (Å²) in [6.45, 7) is 0.451. The third-order valence-corrected chi connectivity index (χ3v) is 7.52. The van der Waals surface area contributed by atoms with Gasteiger partial charge in [0.25, 0.3) is 5.91 Å². The summed E-state index contributed by atoms with van der Waals surface area (Å²) in [7, 11) is -3.28. The van der Waals surface area contributed by atoms with E-state index in [1.807, 2.05) is 6.07 Å². The predicted octanol–water partition coefficient (Wildman–Crippen LogP) is 2.68. The number of aliphatic hydroxyl groups excluding tert-OH is 1. The Morgan fingerprint density at radius 2 is 2.00 bits per heavy atom. The van der Waals surface area contributed by atoms with E-state index in [0.29, 0.717) is 36.2 Å². The fourth-order valence-corrected chi connectivity index (χ4v) is 5.16. The van der Waals surface area contributed by atoms with Gasteiger partial charge in [-0.1, -0.05) is 36.4 Å². The van der Waals surface area contributed by atoms with Crippen LogP contribution in [0.25, 0.3) is 11.1 Å². The molecule has 4 N–H and O–H groups in total. The molecule has 1 aliphatic rings. The molecule has 0 bridgehead atoms. The number of sulfonamides is 1. The van der Waals surface area contributed by atoms with Crippen molar-refractivity contribution >= 4 is 21.7 Å². The van der Waals surface area contributed by atoms with E-state index < -0.39 is 27.8 Å². The number of pyridine rings is 1. The molecule has 2 atom stereocenters. The van der Waals surface area contributed by atoms with Gasteiger partial charge in [-0.05, 0) is 41.3 Å². The normalized spacial score (nSPS) is 17.3. The molecule has 1 amide bonds. The number of amides is 1. The number of benzene rings is 2. The van der Waals surface area contributed by atoms with Gasteiger partial charge in [0.05, 0.1) is 24.5 Å². The minimum absolute atomic E-state index is 0.0418. The Labute approximate surface area is 203 Å². The van der Waals surface area contributed by atoms with Crippen LogP contribution in [-0.4, -0.2) is 54.7 Å². The van der Waals surface area contributed by atoms with Gasteiger partial charge < -0.3 is 16.2 Å². The highest BCUT2D eigenvalue weighted by Crippen LogP contribution is 2.33. The van der Waals surface area contributed by atoms with E-state index in [2.05, 4.69) is 10.3 Å². The SMILES string of the molecule is CS(=O)(=O)N1CCC(c2cnc(N)c(-c3ccc(C(=O)N[C@H](CO)c4ccccc4)c(F)c3)c2)C1. The fourth-order valence-electron chi connectivity index (χ4n) is 4.27.